The Balaban J connectivity index is 2.04. The molecule has 2 fully saturated rings. The minimum absolute atomic E-state index is 0.0291. The van der Waals surface area contributed by atoms with E-state index < -0.39 is 0 Å². The molecular weight excluding hydrogens is 192 g/mol. The first-order valence-electron chi connectivity index (χ1n) is 5.57. The summed E-state index contributed by atoms with van der Waals surface area (Å²) in [7, 11) is 2.10. The highest BCUT2D eigenvalue weighted by molar-refractivity contribution is 6.05. The molecule has 0 aromatic heterocycles. The Morgan fingerprint density at radius 1 is 1.33 bits per heavy atom. The number of rotatable bonds is 1. The Kier molecular flexibility index (Phi) is 2.78. The molecule has 0 bridgehead atoms. The predicted molar refractivity (Wildman–Crippen MR) is 56.4 cm³/mol. The highest BCUT2D eigenvalue weighted by atomic mass is 16.2. The Labute approximate surface area is 90.2 Å². The van der Waals surface area contributed by atoms with Gasteiger partial charge in [0.05, 0.1) is 13.0 Å². The number of hydrogen-bond acceptors (Lipinski definition) is 3. The summed E-state index contributed by atoms with van der Waals surface area (Å²) in [5.41, 5.74) is 0. The van der Waals surface area contributed by atoms with E-state index in [1.165, 1.54) is 0 Å². The first-order chi connectivity index (χ1) is 7.08. The monoisotopic (exact) mass is 210 g/mol. The average Bonchev–Trinajstić information content (AvgIpc) is 2.45. The summed E-state index contributed by atoms with van der Waals surface area (Å²) in [5.74, 6) is 0.575. The van der Waals surface area contributed by atoms with E-state index in [0.29, 0.717) is 12.5 Å². The van der Waals surface area contributed by atoms with Gasteiger partial charge in [0.25, 0.3) is 0 Å². The summed E-state index contributed by atoms with van der Waals surface area (Å²) in [4.78, 5) is 26.9. The van der Waals surface area contributed by atoms with Crippen LogP contribution in [-0.4, -0.2) is 54.2 Å². The number of Topliss-reactive ketones (excluding diaryl/α,β-unsaturated/α-hetero) is 1. The zero-order valence-corrected chi connectivity index (χ0v) is 9.40. The van der Waals surface area contributed by atoms with Crippen LogP contribution in [0.1, 0.15) is 19.8 Å². The second-order valence-corrected chi connectivity index (χ2v) is 4.83. The molecule has 4 heteroatoms. The molecule has 0 aliphatic carbocycles. The SMILES string of the molecule is CC1CN(C)CCC1N1CC(=O)CC1=O. The molecule has 2 atom stereocenters. The Bertz CT molecular complexity index is 290. The van der Waals surface area contributed by atoms with Gasteiger partial charge in [-0.05, 0) is 25.9 Å². The molecule has 0 spiro atoms. The number of hydrogen-bond donors (Lipinski definition) is 0. The number of carbonyl (C=O) groups is 2. The molecule has 0 radical (unpaired) electrons. The lowest BCUT2D eigenvalue weighted by Crippen LogP contribution is -2.49. The summed E-state index contributed by atoms with van der Waals surface area (Å²) >= 11 is 0. The van der Waals surface area contributed by atoms with Gasteiger partial charge in [0, 0.05) is 12.6 Å². The van der Waals surface area contributed by atoms with Gasteiger partial charge in [0.1, 0.15) is 0 Å². The highest BCUT2D eigenvalue weighted by Crippen LogP contribution is 2.24. The van der Waals surface area contributed by atoms with E-state index in [9.17, 15) is 9.59 Å². The average molecular weight is 210 g/mol. The molecule has 15 heavy (non-hydrogen) atoms. The van der Waals surface area contributed by atoms with E-state index in [1.54, 1.807) is 4.90 Å². The van der Waals surface area contributed by atoms with Crippen molar-refractivity contribution in [3.05, 3.63) is 0 Å². The zero-order valence-electron chi connectivity index (χ0n) is 9.40. The van der Waals surface area contributed by atoms with Crippen LogP contribution in [0.2, 0.25) is 0 Å². The first kappa shape index (κ1) is 10.6. The fourth-order valence-electron chi connectivity index (χ4n) is 2.71. The fourth-order valence-corrected chi connectivity index (χ4v) is 2.71. The summed E-state index contributed by atoms with van der Waals surface area (Å²) in [5, 5.41) is 0. The molecular formula is C11H18N2O2. The quantitative estimate of drug-likeness (QED) is 0.578. The molecule has 2 rings (SSSR count). The molecule has 2 saturated heterocycles. The van der Waals surface area contributed by atoms with E-state index in [4.69, 9.17) is 0 Å². The van der Waals surface area contributed by atoms with Crippen LogP contribution in [0, 0.1) is 5.92 Å². The van der Waals surface area contributed by atoms with Crippen LogP contribution >= 0.6 is 0 Å². The molecule has 0 aromatic carbocycles. The van der Waals surface area contributed by atoms with E-state index >= 15 is 0 Å². The van der Waals surface area contributed by atoms with Crippen molar-refractivity contribution >= 4 is 11.7 Å². The molecule has 0 aromatic rings. The molecule has 2 aliphatic heterocycles. The van der Waals surface area contributed by atoms with Crippen LogP contribution in [0.3, 0.4) is 0 Å². The van der Waals surface area contributed by atoms with Gasteiger partial charge in [-0.25, -0.2) is 0 Å². The summed E-state index contributed by atoms with van der Waals surface area (Å²) in [6.45, 7) is 4.55. The molecule has 4 nitrogen and oxygen atoms in total. The lowest BCUT2D eigenvalue weighted by Gasteiger charge is -2.39. The molecule has 84 valence electrons. The molecule has 2 heterocycles. The summed E-state index contributed by atoms with van der Waals surface area (Å²) < 4.78 is 0. The minimum Gasteiger partial charge on any atom is -0.332 e. The summed E-state index contributed by atoms with van der Waals surface area (Å²) in [6, 6.07) is 0.278. The van der Waals surface area contributed by atoms with Gasteiger partial charge in [-0.1, -0.05) is 6.92 Å². The van der Waals surface area contributed by atoms with Crippen molar-refractivity contribution in [2.75, 3.05) is 26.7 Å². The van der Waals surface area contributed by atoms with Crippen LogP contribution in [-0.2, 0) is 9.59 Å². The van der Waals surface area contributed by atoms with Crippen molar-refractivity contribution < 1.29 is 9.59 Å². The van der Waals surface area contributed by atoms with E-state index in [-0.39, 0.29) is 24.2 Å². The molecule has 2 aliphatic rings. The summed E-state index contributed by atoms with van der Waals surface area (Å²) in [6.07, 6.45) is 1.12. The van der Waals surface area contributed by atoms with E-state index in [0.717, 1.165) is 19.5 Å². The van der Waals surface area contributed by atoms with Crippen molar-refractivity contribution in [3.63, 3.8) is 0 Å². The lowest BCUT2D eigenvalue weighted by molar-refractivity contribution is -0.131. The van der Waals surface area contributed by atoms with E-state index in [1.807, 2.05) is 0 Å². The Hall–Kier alpha value is -0.900. The molecule has 0 N–H and O–H groups in total. The smallest absolute Gasteiger partial charge is 0.230 e. The Morgan fingerprint density at radius 3 is 2.60 bits per heavy atom. The number of amides is 1. The minimum atomic E-state index is 0.0291. The maximum atomic E-state index is 11.6. The van der Waals surface area contributed by atoms with Gasteiger partial charge in [-0.3, -0.25) is 9.59 Å². The van der Waals surface area contributed by atoms with Crippen LogP contribution in [0.4, 0.5) is 0 Å². The first-order valence-corrected chi connectivity index (χ1v) is 5.57. The lowest BCUT2D eigenvalue weighted by atomic mass is 9.93. The predicted octanol–water partition coefficient (Wildman–Crippen LogP) is 0.128. The van der Waals surface area contributed by atoms with Crippen LogP contribution in [0.25, 0.3) is 0 Å². The Morgan fingerprint density at radius 2 is 2.07 bits per heavy atom. The standard InChI is InChI=1S/C11H18N2O2/c1-8-6-12(2)4-3-10(8)13-7-9(14)5-11(13)15/h8,10H,3-7H2,1-2H3. The van der Waals surface area contributed by atoms with Gasteiger partial charge in [-0.15, -0.1) is 0 Å². The number of nitrogens with zero attached hydrogens (tertiary/aromatic N) is 2. The van der Waals surface area contributed by atoms with Crippen LogP contribution < -0.4 is 0 Å². The second-order valence-electron chi connectivity index (χ2n) is 4.83. The highest BCUT2D eigenvalue weighted by Gasteiger charge is 2.37. The van der Waals surface area contributed by atoms with Crippen LogP contribution in [0.15, 0.2) is 0 Å². The number of carbonyl (C=O) groups excluding carboxylic acids is 2. The number of likely N-dealkylation sites (tertiary alicyclic amines) is 2. The van der Waals surface area contributed by atoms with Gasteiger partial charge in [0.15, 0.2) is 5.78 Å². The maximum absolute atomic E-state index is 11.6. The third kappa shape index (κ3) is 2.04. The van der Waals surface area contributed by atoms with Crippen molar-refractivity contribution in [2.24, 2.45) is 5.92 Å². The molecule has 0 saturated carbocycles. The number of ketones is 1. The third-order valence-electron chi connectivity index (χ3n) is 3.48. The molecule has 2 unspecified atom stereocenters. The van der Waals surface area contributed by atoms with Crippen molar-refractivity contribution in [3.8, 4) is 0 Å². The van der Waals surface area contributed by atoms with Crippen LogP contribution in [0.5, 0.6) is 0 Å². The van der Waals surface area contributed by atoms with Crippen molar-refractivity contribution in [1.82, 2.24) is 9.80 Å². The maximum Gasteiger partial charge on any atom is 0.230 e. The fraction of sp³-hybridized carbons (Fsp3) is 0.818. The van der Waals surface area contributed by atoms with Crippen molar-refractivity contribution in [2.45, 2.75) is 25.8 Å². The van der Waals surface area contributed by atoms with Gasteiger partial charge in [-0.2, -0.15) is 0 Å². The molecule has 1 amide bonds. The zero-order chi connectivity index (χ0) is 11.0. The third-order valence-corrected chi connectivity index (χ3v) is 3.48. The van der Waals surface area contributed by atoms with Crippen molar-refractivity contribution in [1.29, 1.82) is 0 Å². The largest absolute Gasteiger partial charge is 0.332 e. The topological polar surface area (TPSA) is 40.6 Å². The van der Waals surface area contributed by atoms with Gasteiger partial charge >= 0.3 is 0 Å². The number of piperidine rings is 1. The van der Waals surface area contributed by atoms with Gasteiger partial charge < -0.3 is 9.80 Å². The van der Waals surface area contributed by atoms with E-state index in [2.05, 4.69) is 18.9 Å². The normalized spacial score (nSPS) is 33.9. The second kappa shape index (κ2) is 3.93. The van der Waals surface area contributed by atoms with Gasteiger partial charge in [0.2, 0.25) is 5.91 Å².